The summed E-state index contributed by atoms with van der Waals surface area (Å²) in [6.45, 7) is 9.95. The number of amides is 1. The molecule has 0 bridgehead atoms. The number of carbonyl (C=O) groups is 1. The third-order valence-electron chi connectivity index (χ3n) is 3.96. The molecular formula is C16H31N5OS. The highest BCUT2D eigenvalue weighted by Gasteiger charge is 2.19. The summed E-state index contributed by atoms with van der Waals surface area (Å²) in [5.41, 5.74) is 5.92. The Labute approximate surface area is 144 Å². The molecule has 2 atom stereocenters. The van der Waals surface area contributed by atoms with Gasteiger partial charge in [-0.25, -0.2) is 0 Å². The second-order valence-electron chi connectivity index (χ2n) is 6.41. The molecule has 3 N–H and O–H groups in total. The van der Waals surface area contributed by atoms with Crippen LogP contribution in [0.4, 0.5) is 0 Å². The van der Waals surface area contributed by atoms with Crippen molar-refractivity contribution in [2.45, 2.75) is 64.7 Å². The van der Waals surface area contributed by atoms with E-state index in [0.717, 1.165) is 36.8 Å². The number of aryl methyl sites for hydroxylation is 1. The SMILES string of the molecule is CCC(C)C(N)C(=O)NCCCc1nnc(SC)n1CC(C)C. The van der Waals surface area contributed by atoms with Gasteiger partial charge < -0.3 is 15.6 Å². The van der Waals surface area contributed by atoms with Gasteiger partial charge in [0.2, 0.25) is 5.91 Å². The lowest BCUT2D eigenvalue weighted by Gasteiger charge is -2.17. The highest BCUT2D eigenvalue weighted by atomic mass is 32.2. The second kappa shape index (κ2) is 9.93. The summed E-state index contributed by atoms with van der Waals surface area (Å²) in [6, 6.07) is -0.423. The number of hydrogen-bond donors (Lipinski definition) is 2. The largest absolute Gasteiger partial charge is 0.355 e. The van der Waals surface area contributed by atoms with Gasteiger partial charge in [-0.3, -0.25) is 4.79 Å². The average molecular weight is 342 g/mol. The second-order valence-corrected chi connectivity index (χ2v) is 7.19. The van der Waals surface area contributed by atoms with E-state index in [1.807, 2.05) is 20.1 Å². The summed E-state index contributed by atoms with van der Waals surface area (Å²) in [6.07, 6.45) is 4.56. The number of aromatic nitrogens is 3. The van der Waals surface area contributed by atoms with Gasteiger partial charge in [-0.15, -0.1) is 10.2 Å². The molecule has 1 rings (SSSR count). The van der Waals surface area contributed by atoms with Crippen LogP contribution in [-0.2, 0) is 17.8 Å². The van der Waals surface area contributed by atoms with Crippen molar-refractivity contribution in [3.8, 4) is 0 Å². The summed E-state index contributed by atoms with van der Waals surface area (Å²) in [4.78, 5) is 11.9. The molecule has 1 heterocycles. The molecule has 132 valence electrons. The van der Waals surface area contributed by atoms with E-state index in [9.17, 15) is 4.79 Å². The number of hydrogen-bond acceptors (Lipinski definition) is 5. The number of carbonyl (C=O) groups excluding carboxylic acids is 1. The lowest BCUT2D eigenvalue weighted by atomic mass is 9.99. The van der Waals surface area contributed by atoms with Crippen LogP contribution in [0.1, 0.15) is 46.4 Å². The lowest BCUT2D eigenvalue weighted by Crippen LogP contribution is -2.44. The first-order valence-corrected chi connectivity index (χ1v) is 9.62. The fourth-order valence-electron chi connectivity index (χ4n) is 2.29. The molecule has 0 fully saturated rings. The Balaban J connectivity index is 2.47. The van der Waals surface area contributed by atoms with Crippen LogP contribution in [0.2, 0.25) is 0 Å². The number of nitrogens with zero attached hydrogens (tertiary/aromatic N) is 3. The Morgan fingerprint density at radius 1 is 1.35 bits per heavy atom. The van der Waals surface area contributed by atoms with Gasteiger partial charge in [0, 0.05) is 19.5 Å². The van der Waals surface area contributed by atoms with Gasteiger partial charge in [0.05, 0.1) is 6.04 Å². The molecule has 7 heteroatoms. The van der Waals surface area contributed by atoms with Gasteiger partial charge >= 0.3 is 0 Å². The van der Waals surface area contributed by atoms with Gasteiger partial charge in [-0.2, -0.15) is 0 Å². The monoisotopic (exact) mass is 341 g/mol. The molecule has 0 saturated carbocycles. The maximum atomic E-state index is 11.9. The van der Waals surface area contributed by atoms with Gasteiger partial charge in [-0.05, 0) is 24.5 Å². The molecule has 0 aromatic carbocycles. The van der Waals surface area contributed by atoms with Crippen molar-refractivity contribution >= 4 is 17.7 Å². The third-order valence-corrected chi connectivity index (χ3v) is 4.63. The van der Waals surface area contributed by atoms with E-state index in [1.165, 1.54) is 0 Å². The van der Waals surface area contributed by atoms with Gasteiger partial charge in [0.15, 0.2) is 5.16 Å². The zero-order chi connectivity index (χ0) is 17.4. The first-order valence-electron chi connectivity index (χ1n) is 8.40. The average Bonchev–Trinajstić information content (AvgIpc) is 2.90. The van der Waals surface area contributed by atoms with Crippen LogP contribution < -0.4 is 11.1 Å². The summed E-state index contributed by atoms with van der Waals surface area (Å²) in [7, 11) is 0. The minimum absolute atomic E-state index is 0.0622. The lowest BCUT2D eigenvalue weighted by molar-refractivity contribution is -0.123. The zero-order valence-electron chi connectivity index (χ0n) is 15.0. The van der Waals surface area contributed by atoms with Crippen LogP contribution >= 0.6 is 11.8 Å². The minimum Gasteiger partial charge on any atom is -0.355 e. The highest BCUT2D eigenvalue weighted by molar-refractivity contribution is 7.98. The van der Waals surface area contributed by atoms with Crippen molar-refractivity contribution in [1.29, 1.82) is 0 Å². The molecule has 0 saturated heterocycles. The molecule has 2 unspecified atom stereocenters. The van der Waals surface area contributed by atoms with Gasteiger partial charge in [0.1, 0.15) is 5.82 Å². The Hall–Kier alpha value is -1.08. The Morgan fingerprint density at radius 3 is 2.61 bits per heavy atom. The standard InChI is InChI=1S/C16H31N5OS/c1-6-12(4)14(17)15(22)18-9-7-8-13-19-20-16(23-5)21(13)10-11(2)3/h11-12,14H,6-10,17H2,1-5H3,(H,18,22). The minimum atomic E-state index is -0.423. The van der Waals surface area contributed by atoms with Crippen LogP contribution in [0.25, 0.3) is 0 Å². The van der Waals surface area contributed by atoms with Crippen molar-refractivity contribution in [2.75, 3.05) is 12.8 Å². The van der Waals surface area contributed by atoms with E-state index in [2.05, 4.69) is 33.9 Å². The Kier molecular flexibility index (Phi) is 8.62. The van der Waals surface area contributed by atoms with Gasteiger partial charge in [-0.1, -0.05) is 45.9 Å². The summed E-state index contributed by atoms with van der Waals surface area (Å²) in [5, 5.41) is 12.4. The third kappa shape index (κ3) is 6.14. The highest BCUT2D eigenvalue weighted by Crippen LogP contribution is 2.16. The Morgan fingerprint density at radius 2 is 2.04 bits per heavy atom. The van der Waals surface area contributed by atoms with Crippen molar-refractivity contribution < 1.29 is 4.79 Å². The number of nitrogens with one attached hydrogen (secondary N) is 1. The topological polar surface area (TPSA) is 85.8 Å². The van der Waals surface area contributed by atoms with E-state index in [-0.39, 0.29) is 11.8 Å². The van der Waals surface area contributed by atoms with Crippen LogP contribution in [0, 0.1) is 11.8 Å². The molecule has 0 aliphatic carbocycles. The molecule has 1 aromatic heterocycles. The molecule has 0 spiro atoms. The Bertz CT molecular complexity index is 489. The zero-order valence-corrected chi connectivity index (χ0v) is 15.8. The van der Waals surface area contributed by atoms with Crippen LogP contribution in [0.15, 0.2) is 5.16 Å². The maximum Gasteiger partial charge on any atom is 0.237 e. The molecular weight excluding hydrogens is 310 g/mol. The van der Waals surface area contributed by atoms with Crippen molar-refractivity contribution in [3.05, 3.63) is 5.82 Å². The molecule has 6 nitrogen and oxygen atoms in total. The van der Waals surface area contributed by atoms with Crippen LogP contribution in [-0.4, -0.2) is 39.5 Å². The fraction of sp³-hybridized carbons (Fsp3) is 0.812. The fourth-order valence-corrected chi connectivity index (χ4v) is 2.81. The van der Waals surface area contributed by atoms with Crippen molar-refractivity contribution in [1.82, 2.24) is 20.1 Å². The summed E-state index contributed by atoms with van der Waals surface area (Å²) < 4.78 is 2.18. The van der Waals surface area contributed by atoms with Crippen molar-refractivity contribution in [2.24, 2.45) is 17.6 Å². The van der Waals surface area contributed by atoms with Crippen molar-refractivity contribution in [3.63, 3.8) is 0 Å². The number of thioether (sulfide) groups is 1. The maximum absolute atomic E-state index is 11.9. The number of nitrogens with two attached hydrogens (primary N) is 1. The van der Waals surface area contributed by atoms with E-state index in [0.29, 0.717) is 12.5 Å². The van der Waals surface area contributed by atoms with E-state index in [1.54, 1.807) is 11.8 Å². The first kappa shape index (κ1) is 20.0. The predicted octanol–water partition coefficient (Wildman–Crippen LogP) is 2.08. The van der Waals surface area contributed by atoms with Crippen LogP contribution in [0.5, 0.6) is 0 Å². The van der Waals surface area contributed by atoms with Gasteiger partial charge in [0.25, 0.3) is 0 Å². The molecule has 23 heavy (non-hydrogen) atoms. The van der Waals surface area contributed by atoms with E-state index in [4.69, 9.17) is 5.73 Å². The summed E-state index contributed by atoms with van der Waals surface area (Å²) in [5.74, 6) is 1.67. The summed E-state index contributed by atoms with van der Waals surface area (Å²) >= 11 is 1.62. The first-order chi connectivity index (χ1) is 10.9. The normalized spacial score (nSPS) is 14.0. The smallest absolute Gasteiger partial charge is 0.237 e. The quantitative estimate of drug-likeness (QED) is 0.503. The molecule has 1 amide bonds. The molecule has 1 aromatic rings. The van der Waals surface area contributed by atoms with Crippen LogP contribution in [0.3, 0.4) is 0 Å². The predicted molar refractivity (Wildman–Crippen MR) is 95.4 cm³/mol. The molecule has 0 radical (unpaired) electrons. The molecule has 0 aliphatic rings. The number of rotatable bonds is 10. The van der Waals surface area contributed by atoms with E-state index < -0.39 is 6.04 Å². The van der Waals surface area contributed by atoms with E-state index >= 15 is 0 Å². The molecule has 0 aliphatic heterocycles.